The highest BCUT2D eigenvalue weighted by Crippen LogP contribution is 2.13. The summed E-state index contributed by atoms with van der Waals surface area (Å²) in [5, 5.41) is 9.86. The molecule has 0 radical (unpaired) electrons. The van der Waals surface area contributed by atoms with Crippen LogP contribution in [0.15, 0.2) is 0 Å². The molecule has 2 nitrogen and oxygen atoms in total. The summed E-state index contributed by atoms with van der Waals surface area (Å²) in [5.41, 5.74) is 0. The average molecular weight is 315 g/mol. The molecule has 0 amide bonds. The molecule has 1 atom stereocenters. The van der Waals surface area contributed by atoms with Crippen LogP contribution in [-0.2, 0) is 0 Å². The highest BCUT2D eigenvalue weighted by Gasteiger charge is 2.05. The number of nitrogens with one attached hydrogen (secondary N) is 1. The zero-order valence-corrected chi connectivity index (χ0v) is 15.8. The van der Waals surface area contributed by atoms with Crippen LogP contribution in [0.1, 0.15) is 103 Å². The predicted molar refractivity (Wildman–Crippen MR) is 98.6 cm³/mol. The van der Waals surface area contributed by atoms with E-state index in [1.165, 1.54) is 88.4 Å². The molecule has 0 aromatic heterocycles. The maximum Gasteiger partial charge on any atom is 0.0791 e. The van der Waals surface area contributed by atoms with Crippen LogP contribution in [0.2, 0.25) is 0 Å². The molecule has 0 saturated carbocycles. The summed E-state index contributed by atoms with van der Waals surface area (Å²) in [7, 11) is 4.30. The molecule has 0 aliphatic heterocycles. The number of quaternary nitrogens is 1. The topological polar surface area (TPSA) is 24.7 Å². The first-order valence-corrected chi connectivity index (χ1v) is 10.1. The second-order valence-electron chi connectivity index (χ2n) is 7.43. The molecule has 2 N–H and O–H groups in total. The molecule has 0 aromatic carbocycles. The first-order valence-electron chi connectivity index (χ1n) is 10.1. The van der Waals surface area contributed by atoms with Crippen molar-refractivity contribution < 1.29 is 10.0 Å². The largest absolute Gasteiger partial charge is 0.393 e. The Balaban J connectivity index is 3.08. The highest BCUT2D eigenvalue weighted by atomic mass is 16.3. The number of rotatable bonds is 17. The number of unbranched alkanes of at least 4 members (excludes halogenated alkanes) is 12. The number of hydrogen-bond acceptors (Lipinski definition) is 1. The van der Waals surface area contributed by atoms with Gasteiger partial charge in [0.15, 0.2) is 0 Å². The summed E-state index contributed by atoms with van der Waals surface area (Å²) in [4.78, 5) is 1.43. The van der Waals surface area contributed by atoms with E-state index in [1.807, 2.05) is 0 Å². The standard InChI is InChI=1S/C20H43NO/c1-4-5-6-7-8-9-10-11-12-13-14-15-16-17-20(22)18-19-21(2)3/h20,22H,4-19H2,1-3H3/p+1. The molecule has 134 valence electrons. The molecule has 2 heteroatoms. The normalized spacial score (nSPS) is 13.0. The van der Waals surface area contributed by atoms with E-state index in [0.717, 1.165) is 19.4 Å². The first kappa shape index (κ1) is 21.9. The fraction of sp³-hybridized carbons (Fsp3) is 1.00. The van der Waals surface area contributed by atoms with Crippen LogP contribution >= 0.6 is 0 Å². The minimum atomic E-state index is -0.0670. The Kier molecular flexibility index (Phi) is 17.2. The van der Waals surface area contributed by atoms with E-state index in [1.54, 1.807) is 0 Å². The Bertz CT molecular complexity index is 206. The van der Waals surface area contributed by atoms with Crippen LogP contribution in [-0.4, -0.2) is 31.9 Å². The average Bonchev–Trinajstić information content (AvgIpc) is 2.49. The van der Waals surface area contributed by atoms with Gasteiger partial charge in [-0.25, -0.2) is 0 Å². The molecule has 0 heterocycles. The summed E-state index contributed by atoms with van der Waals surface area (Å²) in [6, 6.07) is 0. The van der Waals surface area contributed by atoms with Crippen molar-refractivity contribution in [2.24, 2.45) is 0 Å². The van der Waals surface area contributed by atoms with E-state index < -0.39 is 0 Å². The Hall–Kier alpha value is -0.0800. The van der Waals surface area contributed by atoms with Gasteiger partial charge in [-0.2, -0.15) is 0 Å². The van der Waals surface area contributed by atoms with E-state index in [9.17, 15) is 5.11 Å². The van der Waals surface area contributed by atoms with Crippen molar-refractivity contribution in [2.75, 3.05) is 20.6 Å². The summed E-state index contributed by atoms with van der Waals surface area (Å²) >= 11 is 0. The van der Waals surface area contributed by atoms with Crippen molar-refractivity contribution in [3.8, 4) is 0 Å². The molecule has 0 rings (SSSR count). The summed E-state index contributed by atoms with van der Waals surface area (Å²) in [5.74, 6) is 0. The third kappa shape index (κ3) is 18.0. The Morgan fingerprint density at radius 1 is 0.636 bits per heavy atom. The third-order valence-electron chi connectivity index (χ3n) is 4.62. The maximum absolute atomic E-state index is 9.86. The van der Waals surface area contributed by atoms with Crippen LogP contribution in [0.5, 0.6) is 0 Å². The van der Waals surface area contributed by atoms with Gasteiger partial charge in [0.1, 0.15) is 0 Å². The quantitative estimate of drug-likeness (QED) is 0.383. The van der Waals surface area contributed by atoms with E-state index in [2.05, 4.69) is 21.0 Å². The van der Waals surface area contributed by atoms with Crippen LogP contribution in [0.3, 0.4) is 0 Å². The molecule has 0 aromatic rings. The van der Waals surface area contributed by atoms with Gasteiger partial charge in [0, 0.05) is 6.42 Å². The maximum atomic E-state index is 9.86. The van der Waals surface area contributed by atoms with E-state index in [-0.39, 0.29) is 6.10 Å². The van der Waals surface area contributed by atoms with Gasteiger partial charge in [-0.1, -0.05) is 90.4 Å². The molecular formula is C20H44NO+. The van der Waals surface area contributed by atoms with Gasteiger partial charge in [0.25, 0.3) is 0 Å². The zero-order valence-electron chi connectivity index (χ0n) is 15.8. The van der Waals surface area contributed by atoms with Gasteiger partial charge in [-0.3, -0.25) is 0 Å². The molecule has 22 heavy (non-hydrogen) atoms. The Labute approximate surface area is 140 Å². The zero-order chi connectivity index (χ0) is 16.5. The molecule has 0 bridgehead atoms. The SMILES string of the molecule is CCCCCCCCCCCCCCCC(O)CC[NH+](C)C. The van der Waals surface area contributed by atoms with Crippen LogP contribution in [0, 0.1) is 0 Å². The van der Waals surface area contributed by atoms with Gasteiger partial charge in [0.2, 0.25) is 0 Å². The lowest BCUT2D eigenvalue weighted by molar-refractivity contribution is -0.858. The van der Waals surface area contributed by atoms with Gasteiger partial charge in [-0.05, 0) is 6.42 Å². The molecule has 0 fully saturated rings. The van der Waals surface area contributed by atoms with Crippen molar-refractivity contribution in [3.63, 3.8) is 0 Å². The van der Waals surface area contributed by atoms with Crippen molar-refractivity contribution in [1.29, 1.82) is 0 Å². The fourth-order valence-electron chi connectivity index (χ4n) is 3.00. The second-order valence-corrected chi connectivity index (χ2v) is 7.43. The van der Waals surface area contributed by atoms with E-state index >= 15 is 0 Å². The molecule has 0 spiro atoms. The van der Waals surface area contributed by atoms with Crippen LogP contribution in [0.25, 0.3) is 0 Å². The fourth-order valence-corrected chi connectivity index (χ4v) is 3.00. The monoisotopic (exact) mass is 314 g/mol. The number of aliphatic hydroxyl groups is 1. The minimum Gasteiger partial charge on any atom is -0.393 e. The molecular weight excluding hydrogens is 270 g/mol. The smallest absolute Gasteiger partial charge is 0.0791 e. The van der Waals surface area contributed by atoms with Gasteiger partial charge in [-0.15, -0.1) is 0 Å². The molecule has 0 aliphatic rings. The van der Waals surface area contributed by atoms with Gasteiger partial charge in [0.05, 0.1) is 26.7 Å². The molecule has 0 aliphatic carbocycles. The van der Waals surface area contributed by atoms with Crippen molar-refractivity contribution in [1.82, 2.24) is 0 Å². The van der Waals surface area contributed by atoms with Crippen molar-refractivity contribution >= 4 is 0 Å². The number of aliphatic hydroxyl groups excluding tert-OH is 1. The highest BCUT2D eigenvalue weighted by molar-refractivity contribution is 4.55. The summed E-state index contributed by atoms with van der Waals surface area (Å²) in [6.07, 6.45) is 20.0. The summed E-state index contributed by atoms with van der Waals surface area (Å²) in [6.45, 7) is 3.37. The Morgan fingerprint density at radius 2 is 1.05 bits per heavy atom. The van der Waals surface area contributed by atoms with E-state index in [4.69, 9.17) is 0 Å². The predicted octanol–water partition coefficient (Wildman–Crippen LogP) is 4.36. The van der Waals surface area contributed by atoms with Crippen LogP contribution < -0.4 is 4.90 Å². The van der Waals surface area contributed by atoms with Crippen molar-refractivity contribution in [3.05, 3.63) is 0 Å². The molecule has 0 saturated heterocycles. The summed E-state index contributed by atoms with van der Waals surface area (Å²) < 4.78 is 0. The van der Waals surface area contributed by atoms with E-state index in [0.29, 0.717) is 0 Å². The van der Waals surface area contributed by atoms with Gasteiger partial charge >= 0.3 is 0 Å². The Morgan fingerprint density at radius 3 is 1.45 bits per heavy atom. The van der Waals surface area contributed by atoms with Gasteiger partial charge < -0.3 is 10.0 Å². The number of hydrogen-bond donors (Lipinski definition) is 2. The van der Waals surface area contributed by atoms with Crippen molar-refractivity contribution in [2.45, 2.75) is 109 Å². The lowest BCUT2D eigenvalue weighted by Gasteiger charge is -2.12. The third-order valence-corrected chi connectivity index (χ3v) is 4.62. The minimum absolute atomic E-state index is 0.0670. The lowest BCUT2D eigenvalue weighted by Crippen LogP contribution is -3.05. The van der Waals surface area contributed by atoms with Crippen LogP contribution in [0.4, 0.5) is 0 Å². The first-order chi connectivity index (χ1) is 10.7. The second kappa shape index (κ2) is 17.3. The lowest BCUT2D eigenvalue weighted by atomic mass is 10.0. The molecule has 1 unspecified atom stereocenters.